The number of likely N-dealkylation sites (N-methyl/N-ethyl adjacent to an activating group) is 1. The van der Waals surface area contributed by atoms with Crippen LogP contribution in [0.4, 0.5) is 0 Å². The number of nitrogens with two attached hydrogens (primary N) is 1. The van der Waals surface area contributed by atoms with Crippen molar-refractivity contribution in [3.8, 4) is 0 Å². The number of rotatable bonds is 5. The van der Waals surface area contributed by atoms with Crippen molar-refractivity contribution in [1.29, 1.82) is 0 Å². The predicted octanol–water partition coefficient (Wildman–Crippen LogP) is 0.616. The number of unbranched alkanes of at least 4 members (excludes halogenated alkanes) is 1. The highest BCUT2D eigenvalue weighted by Gasteiger charge is 2.54. The fraction of sp³-hybridized carbons (Fsp3) is 0.733. The molecule has 10 heteroatoms. The van der Waals surface area contributed by atoms with E-state index in [0.29, 0.717) is 6.42 Å². The molecule has 1 saturated heterocycles. The van der Waals surface area contributed by atoms with E-state index in [0.717, 1.165) is 6.42 Å². The Kier molecular flexibility index (Phi) is 6.47. The SMILES string of the molecule is CCC/C=C/C(B1OC(=O)C(C)(C)N(C)C(C)(C)C(=O)O1)S(N)(=O)=O. The molecule has 1 rings (SSSR count). The second kappa shape index (κ2) is 7.47. The van der Waals surface area contributed by atoms with E-state index >= 15 is 0 Å². The number of nitrogens with zero attached hydrogens (tertiary/aromatic N) is 1. The van der Waals surface area contributed by atoms with Gasteiger partial charge >= 0.3 is 19.1 Å². The Hall–Kier alpha value is -1.39. The maximum Gasteiger partial charge on any atom is 0.623 e. The quantitative estimate of drug-likeness (QED) is 0.554. The monoisotopic (exact) mass is 374 g/mol. The highest BCUT2D eigenvalue weighted by Crippen LogP contribution is 2.29. The molecule has 0 aliphatic carbocycles. The van der Waals surface area contributed by atoms with Gasteiger partial charge in [-0.15, -0.1) is 0 Å². The fourth-order valence-corrected chi connectivity index (χ4v) is 3.13. The molecule has 142 valence electrons. The van der Waals surface area contributed by atoms with E-state index in [1.165, 1.54) is 11.0 Å². The molecular weight excluding hydrogens is 347 g/mol. The largest absolute Gasteiger partial charge is 0.623 e. The Morgan fingerprint density at radius 2 is 1.60 bits per heavy atom. The molecule has 0 saturated carbocycles. The summed E-state index contributed by atoms with van der Waals surface area (Å²) in [7, 11) is -4.21. The Morgan fingerprint density at radius 1 is 1.16 bits per heavy atom. The number of carbonyl (C=O) groups is 2. The van der Waals surface area contributed by atoms with Crippen molar-refractivity contribution in [2.45, 2.75) is 63.7 Å². The van der Waals surface area contributed by atoms with E-state index in [-0.39, 0.29) is 0 Å². The smallest absolute Gasteiger partial charge is 0.497 e. The van der Waals surface area contributed by atoms with Crippen molar-refractivity contribution in [1.82, 2.24) is 4.90 Å². The molecule has 25 heavy (non-hydrogen) atoms. The van der Waals surface area contributed by atoms with E-state index in [2.05, 4.69) is 0 Å². The van der Waals surface area contributed by atoms with Gasteiger partial charge < -0.3 is 9.31 Å². The Balaban J connectivity index is 3.34. The van der Waals surface area contributed by atoms with Gasteiger partial charge in [0.2, 0.25) is 10.0 Å². The number of hydrogen-bond acceptors (Lipinski definition) is 7. The molecule has 0 radical (unpaired) electrons. The van der Waals surface area contributed by atoms with Crippen LogP contribution in [0.5, 0.6) is 0 Å². The lowest BCUT2D eigenvalue weighted by molar-refractivity contribution is -0.166. The van der Waals surface area contributed by atoms with Crippen LogP contribution in [-0.2, 0) is 28.9 Å². The highest BCUT2D eigenvalue weighted by molar-refractivity contribution is 7.91. The second-order valence-electron chi connectivity index (χ2n) is 7.13. The van der Waals surface area contributed by atoms with Gasteiger partial charge in [-0.3, -0.25) is 14.5 Å². The van der Waals surface area contributed by atoms with Crippen molar-refractivity contribution in [2.24, 2.45) is 5.14 Å². The van der Waals surface area contributed by atoms with Crippen LogP contribution in [0.2, 0.25) is 0 Å². The van der Waals surface area contributed by atoms with E-state index in [9.17, 15) is 18.0 Å². The zero-order valence-corrected chi connectivity index (χ0v) is 16.4. The van der Waals surface area contributed by atoms with Crippen LogP contribution in [0.15, 0.2) is 12.2 Å². The minimum absolute atomic E-state index is 0.611. The van der Waals surface area contributed by atoms with Gasteiger partial charge in [0.25, 0.3) is 0 Å². The van der Waals surface area contributed by atoms with Gasteiger partial charge in [0.15, 0.2) is 5.15 Å². The van der Waals surface area contributed by atoms with Crippen LogP contribution in [-0.4, -0.2) is 55.6 Å². The summed E-state index contributed by atoms with van der Waals surface area (Å²) in [6.45, 7) is 8.28. The molecule has 0 aromatic heterocycles. The van der Waals surface area contributed by atoms with Gasteiger partial charge in [-0.05, 0) is 41.2 Å². The first kappa shape index (κ1) is 21.7. The molecule has 8 nitrogen and oxygen atoms in total. The van der Waals surface area contributed by atoms with Crippen LogP contribution in [0.1, 0.15) is 47.5 Å². The minimum atomic E-state index is -4.16. The molecule has 0 aromatic rings. The first-order valence-corrected chi connectivity index (χ1v) is 9.71. The van der Waals surface area contributed by atoms with Gasteiger partial charge in [-0.1, -0.05) is 25.5 Å². The lowest BCUT2D eigenvalue weighted by Crippen LogP contribution is -2.66. The molecule has 1 heterocycles. The second-order valence-corrected chi connectivity index (χ2v) is 8.85. The predicted molar refractivity (Wildman–Crippen MR) is 94.8 cm³/mol. The normalized spacial score (nSPS) is 22.9. The highest BCUT2D eigenvalue weighted by atomic mass is 32.2. The summed E-state index contributed by atoms with van der Waals surface area (Å²) in [6.07, 6.45) is 4.32. The van der Waals surface area contributed by atoms with Crippen LogP contribution in [0.25, 0.3) is 0 Å². The van der Waals surface area contributed by atoms with E-state index in [4.69, 9.17) is 14.4 Å². The molecule has 2 N–H and O–H groups in total. The minimum Gasteiger partial charge on any atom is -0.497 e. The molecule has 0 spiro atoms. The van der Waals surface area contributed by atoms with Crippen molar-refractivity contribution in [3.05, 3.63) is 12.2 Å². The molecule has 1 unspecified atom stereocenters. The molecule has 0 bridgehead atoms. The average molecular weight is 374 g/mol. The number of sulfonamides is 1. The fourth-order valence-electron chi connectivity index (χ4n) is 2.38. The summed E-state index contributed by atoms with van der Waals surface area (Å²) in [4.78, 5) is 26.6. The number of hydrogen-bond donors (Lipinski definition) is 1. The lowest BCUT2D eigenvalue weighted by Gasteiger charge is -2.45. The molecular formula is C15H27BN2O6S. The van der Waals surface area contributed by atoms with E-state index < -0.39 is 45.3 Å². The van der Waals surface area contributed by atoms with E-state index in [1.54, 1.807) is 40.8 Å². The van der Waals surface area contributed by atoms with Crippen LogP contribution in [0.3, 0.4) is 0 Å². The zero-order valence-electron chi connectivity index (χ0n) is 15.6. The third kappa shape index (κ3) is 4.62. The van der Waals surface area contributed by atoms with Gasteiger partial charge in [0, 0.05) is 0 Å². The Labute approximate surface area is 149 Å². The van der Waals surface area contributed by atoms with Crippen LogP contribution < -0.4 is 5.14 Å². The van der Waals surface area contributed by atoms with Gasteiger partial charge in [0.1, 0.15) is 11.1 Å². The van der Waals surface area contributed by atoms with Gasteiger partial charge in [-0.25, -0.2) is 13.6 Å². The number of carbonyl (C=O) groups excluding carboxylic acids is 2. The van der Waals surface area contributed by atoms with Crippen molar-refractivity contribution < 1.29 is 27.3 Å². The lowest BCUT2D eigenvalue weighted by atomic mass is 9.80. The molecule has 0 amide bonds. The van der Waals surface area contributed by atoms with Crippen molar-refractivity contribution >= 4 is 29.1 Å². The molecule has 1 aliphatic rings. The molecule has 1 atom stereocenters. The maximum absolute atomic E-state index is 12.6. The standard InChI is InChI=1S/C15H27BN2O6S/c1-7-8-9-10-11(25(17,21)22)16-23-12(19)14(2,3)18(6)15(4,5)13(20)24-16/h9-11H,7-8H2,1-6H3,(H2,17,21,22)/b10-9+. The summed E-state index contributed by atoms with van der Waals surface area (Å²) >= 11 is 0. The molecule has 0 aromatic carbocycles. The van der Waals surface area contributed by atoms with E-state index in [1.807, 2.05) is 6.92 Å². The summed E-state index contributed by atoms with van der Waals surface area (Å²) in [5.41, 5.74) is -2.34. The van der Waals surface area contributed by atoms with Gasteiger partial charge in [0.05, 0.1) is 0 Å². The topological polar surface area (TPSA) is 116 Å². The molecule has 1 fully saturated rings. The number of allylic oxidation sites excluding steroid dienone is 1. The van der Waals surface area contributed by atoms with Gasteiger partial charge in [-0.2, -0.15) is 0 Å². The summed E-state index contributed by atoms with van der Waals surface area (Å²) in [5.74, 6) is -1.42. The first-order chi connectivity index (χ1) is 11.3. The average Bonchev–Trinajstić information content (AvgIpc) is 2.47. The Bertz CT molecular complexity index is 629. The van der Waals surface area contributed by atoms with Crippen molar-refractivity contribution in [3.63, 3.8) is 0 Å². The molecule has 1 aliphatic heterocycles. The zero-order chi connectivity index (χ0) is 19.6. The number of primary sulfonamides is 1. The van der Waals surface area contributed by atoms with Crippen LogP contribution >= 0.6 is 0 Å². The maximum atomic E-state index is 12.6. The summed E-state index contributed by atoms with van der Waals surface area (Å²) in [5, 5.41) is 3.79. The summed E-state index contributed by atoms with van der Waals surface area (Å²) in [6, 6.07) is 0. The Morgan fingerprint density at radius 3 is 1.96 bits per heavy atom. The third-order valence-electron chi connectivity index (χ3n) is 4.55. The third-order valence-corrected chi connectivity index (χ3v) is 5.69. The van der Waals surface area contributed by atoms with Crippen LogP contribution in [0, 0.1) is 0 Å². The first-order valence-electron chi connectivity index (χ1n) is 8.10. The summed E-state index contributed by atoms with van der Waals surface area (Å²) < 4.78 is 34.4. The van der Waals surface area contributed by atoms with Crippen molar-refractivity contribution in [2.75, 3.05) is 7.05 Å².